The smallest absolute Gasteiger partial charge is 0.343 e. The first kappa shape index (κ1) is 16.1. The van der Waals surface area contributed by atoms with E-state index < -0.39 is 5.97 Å². The molecule has 0 fully saturated rings. The van der Waals surface area contributed by atoms with Crippen LogP contribution in [0.4, 0.5) is 10.9 Å². The molecule has 0 aliphatic heterocycles. The summed E-state index contributed by atoms with van der Waals surface area (Å²) in [6.45, 7) is 3.81. The topological polar surface area (TPSA) is 77.0 Å². The Bertz CT molecular complexity index is 849. The van der Waals surface area contributed by atoms with Gasteiger partial charge in [0.05, 0.1) is 12.3 Å². The lowest BCUT2D eigenvalue weighted by Crippen LogP contribution is -2.11. The lowest BCUT2D eigenvalue weighted by molar-refractivity contribution is 0.0526. The van der Waals surface area contributed by atoms with Gasteiger partial charge in [0.25, 0.3) is 0 Å². The van der Waals surface area contributed by atoms with Crippen LogP contribution in [0.25, 0.3) is 11.3 Å². The molecule has 2 heterocycles. The van der Waals surface area contributed by atoms with Crippen LogP contribution >= 0.6 is 11.3 Å². The number of rotatable bonds is 5. The summed E-state index contributed by atoms with van der Waals surface area (Å²) in [5.41, 5.74) is 2.19. The van der Waals surface area contributed by atoms with Crippen LogP contribution in [0.1, 0.15) is 23.1 Å². The molecule has 0 radical (unpaired) electrons. The Morgan fingerprint density at radius 3 is 2.79 bits per heavy atom. The summed E-state index contributed by atoms with van der Waals surface area (Å²) in [5.74, 6) is 0.500. The van der Waals surface area contributed by atoms with Gasteiger partial charge in [0.15, 0.2) is 10.9 Å². The van der Waals surface area contributed by atoms with Gasteiger partial charge in [-0.25, -0.2) is 19.7 Å². The van der Waals surface area contributed by atoms with Crippen molar-refractivity contribution in [3.63, 3.8) is 0 Å². The summed E-state index contributed by atoms with van der Waals surface area (Å²) in [5, 5.41) is 5.70. The summed E-state index contributed by atoms with van der Waals surface area (Å²) >= 11 is 1.44. The second-order valence-electron chi connectivity index (χ2n) is 4.93. The highest BCUT2D eigenvalue weighted by Crippen LogP contribution is 2.27. The van der Waals surface area contributed by atoms with Crippen molar-refractivity contribution < 1.29 is 9.53 Å². The van der Waals surface area contributed by atoms with Crippen LogP contribution in [0, 0.1) is 6.92 Å². The third-order valence-corrected chi connectivity index (χ3v) is 3.96. The van der Waals surface area contributed by atoms with Gasteiger partial charge in [0.1, 0.15) is 11.4 Å². The minimum Gasteiger partial charge on any atom is -0.462 e. The van der Waals surface area contributed by atoms with Crippen LogP contribution in [-0.2, 0) is 4.74 Å². The molecule has 0 aliphatic rings. The van der Waals surface area contributed by atoms with E-state index in [1.807, 2.05) is 35.7 Å². The summed E-state index contributed by atoms with van der Waals surface area (Å²) in [7, 11) is 0. The van der Waals surface area contributed by atoms with Gasteiger partial charge in [-0.15, -0.1) is 11.3 Å². The quantitative estimate of drug-likeness (QED) is 0.711. The highest BCUT2D eigenvalue weighted by atomic mass is 32.1. The highest BCUT2D eigenvalue weighted by molar-refractivity contribution is 7.14. The highest BCUT2D eigenvalue weighted by Gasteiger charge is 2.16. The number of hydrogen-bond acceptors (Lipinski definition) is 7. The number of nitrogens with zero attached hydrogens (tertiary/aromatic N) is 3. The van der Waals surface area contributed by atoms with Gasteiger partial charge >= 0.3 is 5.97 Å². The van der Waals surface area contributed by atoms with Gasteiger partial charge in [-0.1, -0.05) is 30.3 Å². The van der Waals surface area contributed by atoms with Gasteiger partial charge in [-0.05, 0) is 13.8 Å². The molecule has 0 atom stereocenters. The number of hydrogen-bond donors (Lipinski definition) is 1. The zero-order chi connectivity index (χ0) is 16.9. The van der Waals surface area contributed by atoms with Gasteiger partial charge in [0.2, 0.25) is 0 Å². The van der Waals surface area contributed by atoms with Crippen molar-refractivity contribution in [2.45, 2.75) is 13.8 Å². The maximum Gasteiger partial charge on any atom is 0.343 e. The van der Waals surface area contributed by atoms with E-state index in [0.717, 1.165) is 11.3 Å². The number of nitrogens with one attached hydrogen (secondary N) is 1. The van der Waals surface area contributed by atoms with E-state index in [1.165, 1.54) is 17.5 Å². The van der Waals surface area contributed by atoms with Crippen LogP contribution in [0.3, 0.4) is 0 Å². The first-order valence-corrected chi connectivity index (χ1v) is 8.34. The molecule has 122 valence electrons. The van der Waals surface area contributed by atoms with Gasteiger partial charge in [0, 0.05) is 17.1 Å². The second kappa shape index (κ2) is 7.18. The number of benzene rings is 1. The molecule has 2 aromatic heterocycles. The Hall–Kier alpha value is -2.80. The number of esters is 1. The minimum atomic E-state index is -0.458. The van der Waals surface area contributed by atoms with Crippen LogP contribution in [0.5, 0.6) is 0 Å². The SMILES string of the molecule is CCOC(=O)c1cnc(C)nc1Nc1nc(-c2ccccc2)cs1. The number of ether oxygens (including phenoxy) is 1. The molecule has 0 spiro atoms. The van der Waals surface area contributed by atoms with Crippen LogP contribution in [0.2, 0.25) is 0 Å². The zero-order valence-corrected chi connectivity index (χ0v) is 14.1. The molecule has 1 aromatic carbocycles. The van der Waals surface area contributed by atoms with Gasteiger partial charge in [-0.2, -0.15) is 0 Å². The first-order valence-electron chi connectivity index (χ1n) is 7.46. The summed E-state index contributed by atoms with van der Waals surface area (Å²) < 4.78 is 5.04. The Labute approximate surface area is 143 Å². The monoisotopic (exact) mass is 340 g/mol. The molecular formula is C17H16N4O2S. The van der Waals surface area contributed by atoms with Crippen molar-refractivity contribution >= 4 is 28.3 Å². The molecule has 24 heavy (non-hydrogen) atoms. The standard InChI is InChI=1S/C17H16N4O2S/c1-3-23-16(22)13-9-18-11(2)19-15(13)21-17-20-14(10-24-17)12-7-5-4-6-8-12/h4-10H,3H2,1-2H3,(H,18,19,20,21). The van der Waals surface area contributed by atoms with E-state index >= 15 is 0 Å². The van der Waals surface area contributed by atoms with E-state index in [4.69, 9.17) is 4.74 Å². The molecule has 0 unspecified atom stereocenters. The molecule has 6 nitrogen and oxygen atoms in total. The maximum atomic E-state index is 12.0. The fraction of sp³-hybridized carbons (Fsp3) is 0.176. The van der Waals surface area contributed by atoms with Crippen molar-refractivity contribution in [2.75, 3.05) is 11.9 Å². The Balaban J connectivity index is 1.87. The van der Waals surface area contributed by atoms with E-state index in [0.29, 0.717) is 28.9 Å². The van der Waals surface area contributed by atoms with Gasteiger partial charge in [-0.3, -0.25) is 0 Å². The number of aryl methyl sites for hydroxylation is 1. The minimum absolute atomic E-state index is 0.291. The average molecular weight is 340 g/mol. The predicted molar refractivity (Wildman–Crippen MR) is 93.6 cm³/mol. The second-order valence-corrected chi connectivity index (χ2v) is 5.79. The Kier molecular flexibility index (Phi) is 4.81. The van der Waals surface area contributed by atoms with Crippen molar-refractivity contribution in [1.29, 1.82) is 0 Å². The maximum absolute atomic E-state index is 12.0. The number of aromatic nitrogens is 3. The van der Waals surface area contributed by atoms with Crippen molar-refractivity contribution in [3.8, 4) is 11.3 Å². The molecular weight excluding hydrogens is 324 g/mol. The molecule has 0 aliphatic carbocycles. The Morgan fingerprint density at radius 1 is 1.25 bits per heavy atom. The van der Waals surface area contributed by atoms with E-state index in [9.17, 15) is 4.79 Å². The molecule has 3 rings (SSSR count). The molecule has 0 saturated heterocycles. The third kappa shape index (κ3) is 3.57. The zero-order valence-electron chi connectivity index (χ0n) is 13.3. The molecule has 0 bridgehead atoms. The number of thiazole rings is 1. The van der Waals surface area contributed by atoms with Crippen LogP contribution in [0.15, 0.2) is 41.9 Å². The van der Waals surface area contributed by atoms with Crippen molar-refractivity contribution in [3.05, 3.63) is 53.3 Å². The molecule has 0 amide bonds. The summed E-state index contributed by atoms with van der Waals surface area (Å²) in [6, 6.07) is 9.89. The molecule has 1 N–H and O–H groups in total. The predicted octanol–water partition coefficient (Wildman–Crippen LogP) is 3.83. The van der Waals surface area contributed by atoms with Crippen LogP contribution in [-0.4, -0.2) is 27.5 Å². The lowest BCUT2D eigenvalue weighted by Gasteiger charge is -2.08. The largest absolute Gasteiger partial charge is 0.462 e. The van der Waals surface area contributed by atoms with E-state index in [2.05, 4.69) is 20.3 Å². The number of carbonyl (C=O) groups is 1. The summed E-state index contributed by atoms with van der Waals surface area (Å²) in [4.78, 5) is 24.9. The number of anilines is 2. The molecule has 7 heteroatoms. The van der Waals surface area contributed by atoms with Crippen molar-refractivity contribution in [1.82, 2.24) is 15.0 Å². The van der Waals surface area contributed by atoms with E-state index in [-0.39, 0.29) is 0 Å². The number of carbonyl (C=O) groups excluding carboxylic acids is 1. The Morgan fingerprint density at radius 2 is 2.04 bits per heavy atom. The lowest BCUT2D eigenvalue weighted by atomic mass is 10.2. The van der Waals surface area contributed by atoms with E-state index in [1.54, 1.807) is 13.8 Å². The van der Waals surface area contributed by atoms with Crippen LogP contribution < -0.4 is 5.32 Å². The van der Waals surface area contributed by atoms with Gasteiger partial charge < -0.3 is 10.1 Å². The summed E-state index contributed by atoms with van der Waals surface area (Å²) in [6.07, 6.45) is 1.47. The third-order valence-electron chi connectivity index (χ3n) is 3.20. The molecule has 3 aromatic rings. The van der Waals surface area contributed by atoms with Crippen molar-refractivity contribution in [2.24, 2.45) is 0 Å². The normalized spacial score (nSPS) is 10.4. The first-order chi connectivity index (χ1) is 11.7. The average Bonchev–Trinajstić information content (AvgIpc) is 3.04. The fourth-order valence-electron chi connectivity index (χ4n) is 2.10. The molecule has 0 saturated carbocycles. The fourth-order valence-corrected chi connectivity index (χ4v) is 2.82.